The summed E-state index contributed by atoms with van der Waals surface area (Å²) >= 11 is 0. The van der Waals surface area contributed by atoms with E-state index in [-0.39, 0.29) is 29.1 Å². The fraction of sp³-hybridized carbons (Fsp3) is 0.483. The van der Waals surface area contributed by atoms with E-state index in [9.17, 15) is 18.0 Å². The highest BCUT2D eigenvalue weighted by Crippen LogP contribution is 2.57. The molecule has 0 spiro atoms. The summed E-state index contributed by atoms with van der Waals surface area (Å²) < 4.78 is 43.1. The molecule has 0 atom stereocenters. The maximum Gasteiger partial charge on any atom is 0.416 e. The van der Waals surface area contributed by atoms with Crippen LogP contribution in [-0.4, -0.2) is 38.4 Å². The highest BCUT2D eigenvalue weighted by molar-refractivity contribution is 6.10. The van der Waals surface area contributed by atoms with Crippen LogP contribution in [0.15, 0.2) is 48.8 Å². The van der Waals surface area contributed by atoms with Crippen molar-refractivity contribution in [3.8, 4) is 0 Å². The first-order valence-corrected chi connectivity index (χ1v) is 13.4. The van der Waals surface area contributed by atoms with Crippen LogP contribution in [0.4, 0.5) is 18.9 Å². The van der Waals surface area contributed by atoms with Crippen LogP contribution in [0.1, 0.15) is 77.3 Å². The normalized spacial score (nSPS) is 22.9. The molecule has 208 valence electrons. The van der Waals surface area contributed by atoms with Crippen molar-refractivity contribution in [2.75, 3.05) is 12.0 Å². The molecule has 3 aromatic rings. The van der Waals surface area contributed by atoms with Crippen LogP contribution >= 0.6 is 0 Å². The van der Waals surface area contributed by atoms with Crippen LogP contribution in [0.3, 0.4) is 0 Å². The summed E-state index contributed by atoms with van der Waals surface area (Å²) in [5.41, 5.74) is 0.812. The third kappa shape index (κ3) is 5.32. The van der Waals surface area contributed by atoms with Gasteiger partial charge in [-0.25, -0.2) is 0 Å². The molecule has 2 aromatic carbocycles. The van der Waals surface area contributed by atoms with Crippen LogP contribution in [0.2, 0.25) is 0 Å². The number of para-hydroxylation sites is 1. The van der Waals surface area contributed by atoms with Gasteiger partial charge in [0.15, 0.2) is 0 Å². The molecule has 4 aliphatic carbocycles. The van der Waals surface area contributed by atoms with Gasteiger partial charge in [-0.15, -0.1) is 10.2 Å². The summed E-state index contributed by atoms with van der Waals surface area (Å²) in [5, 5.41) is 18.3. The zero-order valence-corrected chi connectivity index (χ0v) is 22.2. The van der Waals surface area contributed by atoms with Crippen molar-refractivity contribution in [3.05, 3.63) is 76.9 Å². The van der Waals surface area contributed by atoms with E-state index in [0.717, 1.165) is 38.1 Å². The molecule has 2 N–H and O–H groups in total. The summed E-state index contributed by atoms with van der Waals surface area (Å²) in [6, 6.07) is 11.7. The van der Waals surface area contributed by atoms with E-state index in [0.29, 0.717) is 23.7 Å². The van der Waals surface area contributed by atoms with Crippen molar-refractivity contribution in [2.45, 2.75) is 69.2 Å². The number of carbonyl (C=O) groups is 1. The number of nitrogens with one attached hydrogen (secondary N) is 1. The molecule has 2 heterocycles. The third-order valence-corrected chi connectivity index (χ3v) is 8.40. The Morgan fingerprint density at radius 2 is 1.79 bits per heavy atom. The van der Waals surface area contributed by atoms with Crippen molar-refractivity contribution in [3.63, 3.8) is 0 Å². The van der Waals surface area contributed by atoms with Crippen molar-refractivity contribution in [1.82, 2.24) is 20.1 Å². The number of benzene rings is 2. The number of nitrogens with zero attached hydrogens (tertiary/aromatic N) is 4. The van der Waals surface area contributed by atoms with Gasteiger partial charge in [-0.2, -0.15) is 13.2 Å². The van der Waals surface area contributed by atoms with Gasteiger partial charge in [0.25, 0.3) is 5.91 Å². The average Bonchev–Trinajstić information content (AvgIpc) is 3.40. The second-order valence-corrected chi connectivity index (χ2v) is 10.9. The van der Waals surface area contributed by atoms with Gasteiger partial charge in [0.05, 0.1) is 12.1 Å². The minimum atomic E-state index is -4.48. The van der Waals surface area contributed by atoms with Crippen LogP contribution < -0.4 is 10.2 Å². The Kier molecular flexibility index (Phi) is 7.52. The Balaban J connectivity index is 0.000000214. The maximum atomic E-state index is 13.7. The minimum Gasteiger partial charge on any atom is -0.400 e. The summed E-state index contributed by atoms with van der Waals surface area (Å²) in [6.07, 6.45) is 4.59. The first-order chi connectivity index (χ1) is 18.7. The largest absolute Gasteiger partial charge is 0.416 e. The molecule has 7 nitrogen and oxygen atoms in total. The lowest BCUT2D eigenvalue weighted by Crippen LogP contribution is -2.66. The number of aromatic nitrogens is 3. The molecular weight excluding hydrogens is 507 g/mol. The number of fused-ring (bicyclic) bond motifs is 1. The van der Waals surface area contributed by atoms with Gasteiger partial charge < -0.3 is 19.9 Å². The molecule has 1 amide bonds. The van der Waals surface area contributed by atoms with Crippen molar-refractivity contribution >= 4 is 11.6 Å². The molecule has 0 radical (unpaired) electrons. The Hall–Kier alpha value is -3.24. The van der Waals surface area contributed by atoms with Crippen LogP contribution in [0.5, 0.6) is 0 Å². The van der Waals surface area contributed by atoms with Gasteiger partial charge in [0, 0.05) is 43.4 Å². The zero-order valence-electron chi connectivity index (χ0n) is 22.2. The van der Waals surface area contributed by atoms with Gasteiger partial charge in [0.2, 0.25) is 0 Å². The number of rotatable bonds is 5. The van der Waals surface area contributed by atoms with E-state index in [1.54, 1.807) is 36.7 Å². The fourth-order valence-electron chi connectivity index (χ4n) is 5.95. The van der Waals surface area contributed by atoms with Gasteiger partial charge in [-0.05, 0) is 73.4 Å². The number of carbonyl (C=O) groups excluding carboxylic acids is 1. The van der Waals surface area contributed by atoms with E-state index >= 15 is 0 Å². The van der Waals surface area contributed by atoms with E-state index in [1.165, 1.54) is 30.2 Å². The standard InChI is InChI=1S/C21H19F3N2O.C7H11N3.CH4O/c22-21(23,24)18-7-13(11-25-20-8-14(9-20)10-20)6-16-17(18)12-26(19(16)27)15-4-2-1-3-5-15;1-10-5-8-9-7(10)6-3-2-4-6;1-2/h1-7,14,25H,8-12H2;5-6H,2-4H2,1H3;2H,1H3. The first-order valence-electron chi connectivity index (χ1n) is 13.4. The number of halogens is 3. The Labute approximate surface area is 226 Å². The number of hydrogen-bond acceptors (Lipinski definition) is 5. The quantitative estimate of drug-likeness (QED) is 0.464. The second kappa shape index (κ2) is 10.7. The lowest BCUT2D eigenvalue weighted by atomic mass is 9.50. The van der Waals surface area contributed by atoms with Gasteiger partial charge in [-0.1, -0.05) is 24.6 Å². The van der Waals surface area contributed by atoms with E-state index in [1.807, 2.05) is 17.7 Å². The summed E-state index contributed by atoms with van der Waals surface area (Å²) in [7, 11) is 3.01. The second-order valence-electron chi connectivity index (χ2n) is 10.9. The fourth-order valence-corrected chi connectivity index (χ4v) is 5.95. The maximum absolute atomic E-state index is 13.7. The predicted octanol–water partition coefficient (Wildman–Crippen LogP) is 5.20. The number of anilines is 1. The molecule has 5 aliphatic rings. The topological polar surface area (TPSA) is 83.3 Å². The van der Waals surface area contributed by atoms with Crippen LogP contribution in [0.25, 0.3) is 0 Å². The molecule has 0 unspecified atom stereocenters. The lowest BCUT2D eigenvalue weighted by molar-refractivity contribution is -0.138. The van der Waals surface area contributed by atoms with Crippen LogP contribution in [0, 0.1) is 5.92 Å². The molecule has 1 aliphatic heterocycles. The smallest absolute Gasteiger partial charge is 0.400 e. The van der Waals surface area contributed by atoms with E-state index in [2.05, 4.69) is 15.5 Å². The zero-order chi connectivity index (χ0) is 27.8. The molecule has 2 bridgehead atoms. The molecular formula is C29H34F3N5O2. The molecule has 8 rings (SSSR count). The molecule has 39 heavy (non-hydrogen) atoms. The highest BCUT2D eigenvalue weighted by Gasteiger charge is 2.56. The first kappa shape index (κ1) is 27.3. The summed E-state index contributed by atoms with van der Waals surface area (Å²) in [4.78, 5) is 14.3. The Morgan fingerprint density at radius 3 is 2.31 bits per heavy atom. The molecule has 10 heteroatoms. The van der Waals surface area contributed by atoms with Gasteiger partial charge >= 0.3 is 6.18 Å². The third-order valence-electron chi connectivity index (χ3n) is 8.40. The number of amides is 1. The Morgan fingerprint density at radius 1 is 1.10 bits per heavy atom. The number of alkyl halides is 3. The van der Waals surface area contributed by atoms with Crippen molar-refractivity contribution in [1.29, 1.82) is 0 Å². The monoisotopic (exact) mass is 541 g/mol. The minimum absolute atomic E-state index is 0.0493. The van der Waals surface area contributed by atoms with Crippen molar-refractivity contribution in [2.24, 2.45) is 13.0 Å². The lowest BCUT2D eigenvalue weighted by Gasteiger charge is -2.62. The van der Waals surface area contributed by atoms with Crippen molar-refractivity contribution < 1.29 is 23.1 Å². The van der Waals surface area contributed by atoms with Gasteiger partial charge in [-0.3, -0.25) is 4.79 Å². The van der Waals surface area contributed by atoms with E-state index < -0.39 is 11.7 Å². The summed E-state index contributed by atoms with van der Waals surface area (Å²) in [5.74, 6) is 2.29. The molecule has 4 fully saturated rings. The predicted molar refractivity (Wildman–Crippen MR) is 141 cm³/mol. The SMILES string of the molecule is CO.Cn1cnnc1C1CCC1.O=C1c2cc(CNC34CC(C3)C4)cc(C(F)(F)F)c2CN1c1ccccc1. The van der Waals surface area contributed by atoms with Crippen LogP contribution in [-0.2, 0) is 26.3 Å². The molecule has 0 saturated heterocycles. The van der Waals surface area contributed by atoms with Gasteiger partial charge in [0.1, 0.15) is 12.2 Å². The average molecular weight is 542 g/mol. The molecule has 1 aromatic heterocycles. The summed E-state index contributed by atoms with van der Waals surface area (Å²) in [6.45, 7) is 0.314. The number of hydrogen-bond donors (Lipinski definition) is 2. The molecule has 4 saturated carbocycles. The van der Waals surface area contributed by atoms with E-state index in [4.69, 9.17) is 5.11 Å². The highest BCUT2D eigenvalue weighted by atomic mass is 19.4. The Bertz CT molecular complexity index is 1300. The number of aliphatic hydroxyl groups is 1. The number of aryl methyl sites for hydroxylation is 1. The number of aliphatic hydroxyl groups excluding tert-OH is 1.